The molecule has 1 aromatic heterocycles. The molecule has 2 N–H and O–H groups in total. The molecule has 176 valence electrons. The van der Waals surface area contributed by atoms with Crippen LogP contribution < -0.4 is 4.74 Å². The van der Waals surface area contributed by atoms with E-state index < -0.39 is 0 Å². The average molecular weight is 456 g/mol. The van der Waals surface area contributed by atoms with Crippen molar-refractivity contribution in [3.63, 3.8) is 0 Å². The quantitative estimate of drug-likeness (QED) is 0.317. The molecule has 3 aromatic carbocycles. The van der Waals surface area contributed by atoms with Crippen molar-refractivity contribution < 1.29 is 9.84 Å². The number of aliphatic imine (C=N–C) groups is 1. The van der Waals surface area contributed by atoms with Gasteiger partial charge in [-0.1, -0.05) is 59.7 Å². The van der Waals surface area contributed by atoms with Crippen LogP contribution in [0.4, 0.5) is 5.69 Å². The molecule has 0 fully saturated rings. The number of fused-ring (bicyclic) bond motifs is 1. The van der Waals surface area contributed by atoms with Crippen molar-refractivity contribution in [3.8, 4) is 22.9 Å². The van der Waals surface area contributed by atoms with Crippen molar-refractivity contribution in [2.45, 2.75) is 52.4 Å². The number of H-pyrrole nitrogens is 1. The van der Waals surface area contributed by atoms with Gasteiger partial charge in [0.25, 0.3) is 0 Å². The zero-order valence-corrected chi connectivity index (χ0v) is 21.0. The van der Waals surface area contributed by atoms with Crippen LogP contribution in [0.1, 0.15) is 58.2 Å². The number of nitrogens with one attached hydrogen (secondary N) is 1. The summed E-state index contributed by atoms with van der Waals surface area (Å²) in [5.41, 5.74) is 5.96. The summed E-state index contributed by atoms with van der Waals surface area (Å²) in [6.07, 6.45) is 1.82. The fourth-order valence-electron chi connectivity index (χ4n) is 3.92. The van der Waals surface area contributed by atoms with Gasteiger partial charge in [0.1, 0.15) is 17.3 Å². The van der Waals surface area contributed by atoms with Crippen molar-refractivity contribution in [1.29, 1.82) is 0 Å². The van der Waals surface area contributed by atoms with E-state index in [0.717, 1.165) is 39.2 Å². The van der Waals surface area contributed by atoms with Gasteiger partial charge < -0.3 is 14.8 Å². The van der Waals surface area contributed by atoms with E-state index in [1.54, 1.807) is 7.11 Å². The van der Waals surface area contributed by atoms with Crippen LogP contribution in [0.15, 0.2) is 59.6 Å². The summed E-state index contributed by atoms with van der Waals surface area (Å²) in [4.78, 5) is 12.9. The summed E-state index contributed by atoms with van der Waals surface area (Å²) in [6, 6.07) is 17.7. The van der Waals surface area contributed by atoms with Crippen LogP contribution in [0, 0.1) is 0 Å². The maximum absolute atomic E-state index is 11.3. The summed E-state index contributed by atoms with van der Waals surface area (Å²) in [5, 5.41) is 11.3. The first kappa shape index (κ1) is 23.6. The van der Waals surface area contributed by atoms with Crippen LogP contribution in [-0.4, -0.2) is 28.4 Å². The van der Waals surface area contributed by atoms with Gasteiger partial charge in [0.05, 0.1) is 29.4 Å². The summed E-state index contributed by atoms with van der Waals surface area (Å²) in [7, 11) is 1.65. The maximum Gasteiger partial charge on any atom is 0.142 e. The van der Waals surface area contributed by atoms with E-state index >= 15 is 0 Å². The second kappa shape index (κ2) is 8.64. The van der Waals surface area contributed by atoms with Crippen LogP contribution >= 0.6 is 0 Å². The van der Waals surface area contributed by atoms with Crippen LogP contribution in [0.2, 0.25) is 0 Å². The number of hydrogen-bond acceptors (Lipinski definition) is 4. The van der Waals surface area contributed by atoms with E-state index in [4.69, 9.17) is 9.72 Å². The molecular formula is C29H33N3O2. The predicted molar refractivity (Wildman–Crippen MR) is 141 cm³/mol. The van der Waals surface area contributed by atoms with E-state index in [1.165, 1.54) is 0 Å². The molecule has 4 aromatic rings. The van der Waals surface area contributed by atoms with Gasteiger partial charge >= 0.3 is 0 Å². The summed E-state index contributed by atoms with van der Waals surface area (Å²) >= 11 is 0. The van der Waals surface area contributed by atoms with Crippen LogP contribution in [0.3, 0.4) is 0 Å². The number of methoxy groups -OCH3 is 1. The fraction of sp³-hybridized carbons (Fsp3) is 0.310. The van der Waals surface area contributed by atoms with Gasteiger partial charge in [-0.3, -0.25) is 4.99 Å². The molecule has 1 heterocycles. The number of rotatable bonds is 4. The fourth-order valence-corrected chi connectivity index (χ4v) is 3.92. The monoisotopic (exact) mass is 455 g/mol. The van der Waals surface area contributed by atoms with Crippen LogP contribution in [0.25, 0.3) is 22.4 Å². The number of imidazole rings is 1. The molecule has 34 heavy (non-hydrogen) atoms. The lowest BCUT2D eigenvalue weighted by Gasteiger charge is -2.27. The summed E-state index contributed by atoms with van der Waals surface area (Å²) in [6.45, 7) is 12.9. The van der Waals surface area contributed by atoms with Gasteiger partial charge in [0.15, 0.2) is 0 Å². The molecule has 0 aliphatic heterocycles. The Morgan fingerprint density at radius 1 is 0.941 bits per heavy atom. The van der Waals surface area contributed by atoms with E-state index in [2.05, 4.69) is 57.6 Å². The van der Waals surface area contributed by atoms with Crippen LogP contribution in [-0.2, 0) is 10.8 Å². The van der Waals surface area contributed by atoms with E-state index in [1.807, 2.05) is 54.7 Å². The highest BCUT2D eigenvalue weighted by Crippen LogP contribution is 2.41. The van der Waals surface area contributed by atoms with Crippen molar-refractivity contribution >= 4 is 22.9 Å². The Morgan fingerprint density at radius 2 is 1.65 bits per heavy atom. The molecule has 0 saturated heterocycles. The van der Waals surface area contributed by atoms with Gasteiger partial charge in [0, 0.05) is 17.3 Å². The highest BCUT2D eigenvalue weighted by atomic mass is 16.5. The number of aromatic nitrogens is 2. The SMILES string of the molecule is COc1ccc(N=Cc2cccc3[nH]c(-c4cc(C(C)(C)C)cc(C(C)(C)C)c4O)nc23)cc1. The number of phenols is 1. The first-order chi connectivity index (χ1) is 16.0. The number of aromatic hydroxyl groups is 1. The first-order valence-corrected chi connectivity index (χ1v) is 11.5. The lowest BCUT2D eigenvalue weighted by molar-refractivity contribution is 0.415. The number of para-hydroxylation sites is 1. The average Bonchev–Trinajstić information content (AvgIpc) is 3.21. The van der Waals surface area contributed by atoms with Gasteiger partial charge in [-0.2, -0.15) is 0 Å². The number of phenolic OH excluding ortho intramolecular Hbond substituents is 1. The van der Waals surface area contributed by atoms with Crippen LogP contribution in [0.5, 0.6) is 11.5 Å². The maximum atomic E-state index is 11.3. The number of hydrogen-bond donors (Lipinski definition) is 2. The largest absolute Gasteiger partial charge is 0.507 e. The van der Waals surface area contributed by atoms with Gasteiger partial charge in [-0.15, -0.1) is 0 Å². The van der Waals surface area contributed by atoms with Gasteiger partial charge in [0.2, 0.25) is 0 Å². The highest BCUT2D eigenvalue weighted by Gasteiger charge is 2.26. The minimum atomic E-state index is -0.206. The molecule has 0 spiro atoms. The molecule has 0 radical (unpaired) electrons. The third-order valence-corrected chi connectivity index (χ3v) is 6.01. The molecule has 5 nitrogen and oxygen atoms in total. The molecule has 4 rings (SSSR count). The molecule has 5 heteroatoms. The molecule has 0 amide bonds. The number of aromatic amines is 1. The summed E-state index contributed by atoms with van der Waals surface area (Å²) in [5.74, 6) is 1.72. The van der Waals surface area contributed by atoms with E-state index in [-0.39, 0.29) is 16.6 Å². The van der Waals surface area contributed by atoms with E-state index in [9.17, 15) is 5.11 Å². The minimum absolute atomic E-state index is 0.0648. The first-order valence-electron chi connectivity index (χ1n) is 11.5. The molecule has 0 atom stereocenters. The topological polar surface area (TPSA) is 70.5 Å². The van der Waals surface area contributed by atoms with Crippen molar-refractivity contribution in [3.05, 3.63) is 71.3 Å². The number of nitrogens with zero attached hydrogens (tertiary/aromatic N) is 2. The number of benzene rings is 3. The second-order valence-electron chi connectivity index (χ2n) is 10.7. The van der Waals surface area contributed by atoms with Gasteiger partial charge in [-0.05, 0) is 52.8 Å². The molecular weight excluding hydrogens is 422 g/mol. The van der Waals surface area contributed by atoms with Gasteiger partial charge in [-0.25, -0.2) is 4.98 Å². The summed E-state index contributed by atoms with van der Waals surface area (Å²) < 4.78 is 5.22. The molecule has 0 aliphatic rings. The Balaban J connectivity index is 1.81. The predicted octanol–water partition coefficient (Wildman–Crippen LogP) is 7.29. The smallest absolute Gasteiger partial charge is 0.142 e. The second-order valence-corrected chi connectivity index (χ2v) is 10.7. The van der Waals surface area contributed by atoms with Crippen molar-refractivity contribution in [2.24, 2.45) is 4.99 Å². The van der Waals surface area contributed by atoms with Crippen molar-refractivity contribution in [2.75, 3.05) is 7.11 Å². The zero-order chi connectivity index (χ0) is 24.7. The van der Waals surface area contributed by atoms with Crippen molar-refractivity contribution in [1.82, 2.24) is 9.97 Å². The lowest BCUT2D eigenvalue weighted by Crippen LogP contribution is -2.17. The van der Waals surface area contributed by atoms with E-state index in [0.29, 0.717) is 11.4 Å². The standard InChI is InChI=1S/C29H33N3O2/c1-28(2,3)19-15-22(26(33)23(16-19)29(4,5)6)27-31-24-10-8-9-18(25(24)32-27)17-30-20-11-13-21(34-7)14-12-20/h8-17,33H,1-7H3,(H,31,32). The Kier molecular flexibility index (Phi) is 5.98. The molecule has 0 aliphatic carbocycles. The Hall–Kier alpha value is -3.60. The highest BCUT2D eigenvalue weighted by molar-refractivity contribution is 5.98. The minimum Gasteiger partial charge on any atom is -0.507 e. The molecule has 0 bridgehead atoms. The molecule has 0 unspecified atom stereocenters. The Labute approximate surface area is 201 Å². The Bertz CT molecular complexity index is 1350. The molecule has 0 saturated carbocycles. The lowest BCUT2D eigenvalue weighted by atomic mass is 9.79. The zero-order valence-electron chi connectivity index (χ0n) is 21.0. The Morgan fingerprint density at radius 3 is 2.26 bits per heavy atom. The third kappa shape index (κ3) is 4.69. The normalized spacial score (nSPS) is 12.6. The third-order valence-electron chi connectivity index (χ3n) is 6.01. The number of ether oxygens (including phenoxy) is 1.